The lowest BCUT2D eigenvalue weighted by molar-refractivity contribution is -0.711. The first-order chi connectivity index (χ1) is 4.29. The number of furan rings is 1. The van der Waals surface area contributed by atoms with Crippen molar-refractivity contribution in [3.05, 3.63) is 28.7 Å². The third kappa shape index (κ3) is 1.45. The van der Waals surface area contributed by atoms with Gasteiger partial charge in [0.1, 0.15) is 6.26 Å². The van der Waals surface area contributed by atoms with Crippen molar-refractivity contribution in [3.8, 4) is 5.75 Å². The number of nitrogens with zero attached hydrogens (tertiary/aromatic N) is 1. The molecule has 48 valence electrons. The predicted molar refractivity (Wildman–Crippen MR) is 26.3 cm³/mol. The van der Waals surface area contributed by atoms with Crippen molar-refractivity contribution in [2.24, 2.45) is 0 Å². The first-order valence-corrected chi connectivity index (χ1v) is 2.13. The standard InChI is InChI=1S/C4H3NO4/c6-5(7)9-4-1-2-8-3-4/h1-3H. The maximum Gasteiger partial charge on any atom is 0.299 e. The molecule has 1 aromatic heterocycles. The Morgan fingerprint density at radius 2 is 2.56 bits per heavy atom. The van der Waals surface area contributed by atoms with E-state index in [-0.39, 0.29) is 5.75 Å². The summed E-state index contributed by atoms with van der Waals surface area (Å²) < 4.78 is 4.49. The molecule has 5 heteroatoms. The first-order valence-electron chi connectivity index (χ1n) is 2.13. The van der Waals surface area contributed by atoms with Crippen LogP contribution in [-0.2, 0) is 0 Å². The maximum atomic E-state index is 9.61. The molecule has 0 saturated heterocycles. The second-order valence-corrected chi connectivity index (χ2v) is 1.27. The van der Waals surface area contributed by atoms with Gasteiger partial charge in [-0.3, -0.25) is 4.84 Å². The number of hydrogen-bond acceptors (Lipinski definition) is 4. The third-order valence-corrected chi connectivity index (χ3v) is 0.675. The van der Waals surface area contributed by atoms with Crippen LogP contribution in [-0.4, -0.2) is 5.09 Å². The quantitative estimate of drug-likeness (QED) is 0.438. The van der Waals surface area contributed by atoms with E-state index in [0.717, 1.165) is 6.26 Å². The van der Waals surface area contributed by atoms with Gasteiger partial charge in [-0.15, -0.1) is 10.1 Å². The van der Waals surface area contributed by atoms with Crippen LogP contribution < -0.4 is 4.84 Å². The minimum absolute atomic E-state index is 0.0972. The molecule has 9 heavy (non-hydrogen) atoms. The van der Waals surface area contributed by atoms with Crippen molar-refractivity contribution < 1.29 is 14.3 Å². The molecular formula is C4H3NO4. The molecule has 1 aromatic rings. The molecule has 0 aliphatic heterocycles. The summed E-state index contributed by atoms with van der Waals surface area (Å²) in [7, 11) is 0. The van der Waals surface area contributed by atoms with Crippen LogP contribution in [0.5, 0.6) is 5.75 Å². The summed E-state index contributed by atoms with van der Waals surface area (Å²) in [4.78, 5) is 13.6. The molecule has 1 rings (SSSR count). The van der Waals surface area contributed by atoms with Gasteiger partial charge in [0.05, 0.1) is 6.26 Å². The van der Waals surface area contributed by atoms with Crippen molar-refractivity contribution in [1.29, 1.82) is 0 Å². The molecule has 5 nitrogen and oxygen atoms in total. The topological polar surface area (TPSA) is 65.5 Å². The van der Waals surface area contributed by atoms with Crippen LogP contribution in [0, 0.1) is 10.1 Å². The second-order valence-electron chi connectivity index (χ2n) is 1.27. The Kier molecular flexibility index (Phi) is 1.35. The van der Waals surface area contributed by atoms with Crippen LogP contribution in [0.4, 0.5) is 0 Å². The van der Waals surface area contributed by atoms with Gasteiger partial charge >= 0.3 is 0 Å². The average molecular weight is 129 g/mol. The van der Waals surface area contributed by atoms with Crippen molar-refractivity contribution in [3.63, 3.8) is 0 Å². The Bertz CT molecular complexity index is 192. The lowest BCUT2D eigenvalue weighted by Gasteiger charge is -1.86. The van der Waals surface area contributed by atoms with Gasteiger partial charge in [0.25, 0.3) is 5.09 Å². The smallest absolute Gasteiger partial charge is 0.299 e. The van der Waals surface area contributed by atoms with Crippen molar-refractivity contribution >= 4 is 0 Å². The third-order valence-electron chi connectivity index (χ3n) is 0.675. The van der Waals surface area contributed by atoms with Gasteiger partial charge in [0.2, 0.25) is 0 Å². The fourth-order valence-electron chi connectivity index (χ4n) is 0.390. The van der Waals surface area contributed by atoms with Gasteiger partial charge in [0, 0.05) is 6.07 Å². The van der Waals surface area contributed by atoms with E-state index >= 15 is 0 Å². The summed E-state index contributed by atoms with van der Waals surface area (Å²) in [5.41, 5.74) is 0. The highest BCUT2D eigenvalue weighted by Gasteiger charge is 1.97. The Labute approximate surface area is 49.9 Å². The monoisotopic (exact) mass is 129 g/mol. The summed E-state index contributed by atoms with van der Waals surface area (Å²) >= 11 is 0. The van der Waals surface area contributed by atoms with Gasteiger partial charge in [-0.25, -0.2) is 0 Å². The molecule has 0 fully saturated rings. The summed E-state index contributed by atoms with van der Waals surface area (Å²) in [6.45, 7) is 0. The highest BCUT2D eigenvalue weighted by atomic mass is 17.0. The Morgan fingerprint density at radius 3 is 3.00 bits per heavy atom. The lowest BCUT2D eigenvalue weighted by Crippen LogP contribution is -2.01. The minimum atomic E-state index is -0.898. The normalized spacial score (nSPS) is 8.89. The Hall–Kier alpha value is -1.52. The van der Waals surface area contributed by atoms with Crippen molar-refractivity contribution in [1.82, 2.24) is 0 Å². The van der Waals surface area contributed by atoms with Gasteiger partial charge in [-0.2, -0.15) is 0 Å². The maximum absolute atomic E-state index is 9.61. The van der Waals surface area contributed by atoms with E-state index in [0.29, 0.717) is 0 Å². The zero-order valence-electron chi connectivity index (χ0n) is 4.31. The van der Waals surface area contributed by atoms with Crippen LogP contribution in [0.3, 0.4) is 0 Å². The SMILES string of the molecule is O=[N+]([O-])Oc1ccoc1. The van der Waals surface area contributed by atoms with E-state index in [4.69, 9.17) is 0 Å². The van der Waals surface area contributed by atoms with Gasteiger partial charge in [-0.05, 0) is 0 Å². The highest BCUT2D eigenvalue weighted by Crippen LogP contribution is 2.08. The van der Waals surface area contributed by atoms with E-state index in [1.54, 1.807) is 0 Å². The van der Waals surface area contributed by atoms with Crippen LogP contribution >= 0.6 is 0 Å². The molecule has 1 heterocycles. The van der Waals surface area contributed by atoms with Gasteiger partial charge < -0.3 is 4.42 Å². The number of rotatable bonds is 2. The Balaban J connectivity index is 2.58. The molecule has 0 aromatic carbocycles. The molecule has 0 aliphatic carbocycles. The van der Waals surface area contributed by atoms with Gasteiger partial charge in [0.15, 0.2) is 5.75 Å². The van der Waals surface area contributed by atoms with E-state index in [1.807, 2.05) is 0 Å². The highest BCUT2D eigenvalue weighted by molar-refractivity contribution is 5.11. The van der Waals surface area contributed by atoms with Crippen LogP contribution in [0.25, 0.3) is 0 Å². The van der Waals surface area contributed by atoms with Crippen molar-refractivity contribution in [2.75, 3.05) is 0 Å². The average Bonchev–Trinajstić information content (AvgIpc) is 2.15. The molecule has 0 spiro atoms. The minimum Gasteiger partial charge on any atom is -0.470 e. The van der Waals surface area contributed by atoms with E-state index < -0.39 is 5.09 Å². The predicted octanol–water partition coefficient (Wildman–Crippen LogP) is 0.850. The molecular weight excluding hydrogens is 126 g/mol. The molecule has 0 atom stereocenters. The van der Waals surface area contributed by atoms with Crippen LogP contribution in [0.2, 0.25) is 0 Å². The largest absolute Gasteiger partial charge is 0.470 e. The molecule has 0 unspecified atom stereocenters. The Morgan fingerprint density at radius 1 is 1.78 bits per heavy atom. The molecule has 0 N–H and O–H groups in total. The van der Waals surface area contributed by atoms with E-state index in [9.17, 15) is 10.1 Å². The van der Waals surface area contributed by atoms with E-state index in [1.165, 1.54) is 12.3 Å². The number of hydrogen-bond donors (Lipinski definition) is 0. The summed E-state index contributed by atoms with van der Waals surface area (Å²) in [5, 5.41) is 8.71. The first kappa shape index (κ1) is 5.61. The molecule has 0 aliphatic rings. The molecule has 0 amide bonds. The lowest BCUT2D eigenvalue weighted by atomic mass is 10.6. The molecule has 0 radical (unpaired) electrons. The van der Waals surface area contributed by atoms with E-state index in [2.05, 4.69) is 9.25 Å². The fourth-order valence-corrected chi connectivity index (χ4v) is 0.390. The van der Waals surface area contributed by atoms with Crippen LogP contribution in [0.1, 0.15) is 0 Å². The zero-order chi connectivity index (χ0) is 6.69. The van der Waals surface area contributed by atoms with Crippen LogP contribution in [0.15, 0.2) is 23.0 Å². The van der Waals surface area contributed by atoms with Gasteiger partial charge in [-0.1, -0.05) is 0 Å². The fraction of sp³-hybridized carbons (Fsp3) is 0. The zero-order valence-corrected chi connectivity index (χ0v) is 4.31. The molecule has 0 bridgehead atoms. The second kappa shape index (κ2) is 2.17. The van der Waals surface area contributed by atoms with Crippen molar-refractivity contribution in [2.45, 2.75) is 0 Å². The molecule has 0 saturated carbocycles. The summed E-state index contributed by atoms with van der Waals surface area (Å²) in [6, 6.07) is 1.35. The summed E-state index contributed by atoms with van der Waals surface area (Å²) in [5.74, 6) is 0.0972. The summed E-state index contributed by atoms with van der Waals surface area (Å²) in [6.07, 6.45) is 2.43.